The molecule has 2 aromatic rings. The van der Waals surface area contributed by atoms with Crippen LogP contribution >= 0.6 is 11.6 Å². The van der Waals surface area contributed by atoms with Crippen LogP contribution < -0.4 is 11.3 Å². The number of amides is 1. The van der Waals surface area contributed by atoms with Gasteiger partial charge >= 0.3 is 6.18 Å². The first kappa shape index (κ1) is 16.9. The maximum Gasteiger partial charge on any atom is 0.417 e. The number of benzene rings is 1. The summed E-state index contributed by atoms with van der Waals surface area (Å²) < 4.78 is 39.1. The normalized spacial score (nSPS) is 11.2. The van der Waals surface area contributed by atoms with Crippen LogP contribution in [0.1, 0.15) is 31.8 Å². The minimum absolute atomic E-state index is 0.329. The number of nitrogens with one attached hydrogen (secondary N) is 1. The Morgan fingerprint density at radius 2 is 1.78 bits per heavy atom. The predicted octanol–water partition coefficient (Wildman–Crippen LogP) is 2.59. The summed E-state index contributed by atoms with van der Waals surface area (Å²) >= 11 is 5.76. The standard InChI is InChI=1S/C14H9ClF3N3O2/c15-12-10(13(23)21-19)8(5-6-20-12)11(22)7-3-1-2-4-9(7)14(16,17)18/h1-6H,19H2,(H,21,23). The molecule has 120 valence electrons. The molecule has 9 heteroatoms. The number of pyridine rings is 1. The molecule has 1 heterocycles. The van der Waals surface area contributed by atoms with Gasteiger partial charge in [0.2, 0.25) is 0 Å². The lowest BCUT2D eigenvalue weighted by Crippen LogP contribution is -2.32. The summed E-state index contributed by atoms with van der Waals surface area (Å²) in [5, 5.41) is -0.344. The monoisotopic (exact) mass is 343 g/mol. The van der Waals surface area contributed by atoms with Gasteiger partial charge in [0.05, 0.1) is 11.1 Å². The third-order valence-corrected chi connectivity index (χ3v) is 3.27. The molecule has 1 aromatic carbocycles. The van der Waals surface area contributed by atoms with Gasteiger partial charge in [-0.15, -0.1) is 0 Å². The molecule has 0 aliphatic rings. The third kappa shape index (κ3) is 3.33. The fraction of sp³-hybridized carbons (Fsp3) is 0.0714. The van der Waals surface area contributed by atoms with Crippen LogP contribution in [0.4, 0.5) is 13.2 Å². The Morgan fingerprint density at radius 3 is 2.39 bits per heavy atom. The Balaban J connectivity index is 2.64. The fourth-order valence-electron chi connectivity index (χ4n) is 1.99. The molecule has 0 saturated heterocycles. The Labute approximate surface area is 133 Å². The van der Waals surface area contributed by atoms with Crippen LogP contribution in [0.25, 0.3) is 0 Å². The zero-order chi connectivity index (χ0) is 17.2. The first-order valence-corrected chi connectivity index (χ1v) is 6.51. The zero-order valence-electron chi connectivity index (χ0n) is 11.3. The summed E-state index contributed by atoms with van der Waals surface area (Å²) in [4.78, 5) is 27.9. The quantitative estimate of drug-likeness (QED) is 0.295. The molecule has 0 atom stereocenters. The van der Waals surface area contributed by atoms with E-state index < -0.39 is 34.6 Å². The summed E-state index contributed by atoms with van der Waals surface area (Å²) in [7, 11) is 0. The largest absolute Gasteiger partial charge is 0.417 e. The van der Waals surface area contributed by atoms with E-state index in [1.165, 1.54) is 6.07 Å². The number of nitrogens with zero attached hydrogens (tertiary/aromatic N) is 1. The molecule has 1 aromatic heterocycles. The number of aromatic nitrogens is 1. The maximum absolute atomic E-state index is 13.0. The minimum atomic E-state index is -4.72. The first-order valence-electron chi connectivity index (χ1n) is 6.13. The smallest absolute Gasteiger partial charge is 0.290 e. The van der Waals surface area contributed by atoms with Crippen molar-refractivity contribution >= 4 is 23.3 Å². The number of nitrogen functional groups attached to an aromatic ring is 1. The van der Waals surface area contributed by atoms with Crippen LogP contribution in [0, 0.1) is 0 Å². The second-order valence-corrected chi connectivity index (χ2v) is 4.73. The summed E-state index contributed by atoms with van der Waals surface area (Å²) in [5.41, 5.74) is -0.661. The molecular weight excluding hydrogens is 335 g/mol. The molecule has 0 unspecified atom stereocenters. The molecule has 0 bridgehead atoms. The second-order valence-electron chi connectivity index (χ2n) is 4.37. The third-order valence-electron chi connectivity index (χ3n) is 2.98. The highest BCUT2D eigenvalue weighted by Crippen LogP contribution is 2.33. The SMILES string of the molecule is NNC(=O)c1c(C(=O)c2ccccc2C(F)(F)F)ccnc1Cl. The van der Waals surface area contributed by atoms with Gasteiger partial charge in [-0.1, -0.05) is 29.8 Å². The molecule has 0 radical (unpaired) electrons. The fourth-order valence-corrected chi connectivity index (χ4v) is 2.23. The first-order chi connectivity index (χ1) is 10.8. The van der Waals surface area contributed by atoms with E-state index in [9.17, 15) is 22.8 Å². The number of hydrazine groups is 1. The molecule has 1 amide bonds. The number of halogens is 4. The van der Waals surface area contributed by atoms with Crippen molar-refractivity contribution < 1.29 is 22.8 Å². The highest BCUT2D eigenvalue weighted by atomic mass is 35.5. The van der Waals surface area contributed by atoms with Crippen LogP contribution in [-0.2, 0) is 6.18 Å². The van der Waals surface area contributed by atoms with Crippen LogP contribution in [0.2, 0.25) is 5.15 Å². The summed E-state index contributed by atoms with van der Waals surface area (Å²) in [6, 6.07) is 5.34. The van der Waals surface area contributed by atoms with E-state index in [1.54, 1.807) is 5.43 Å². The van der Waals surface area contributed by atoms with Crippen molar-refractivity contribution in [2.24, 2.45) is 5.84 Å². The Kier molecular flexibility index (Phi) is 4.67. The van der Waals surface area contributed by atoms with E-state index in [2.05, 4.69) is 4.98 Å². The lowest BCUT2D eigenvalue weighted by molar-refractivity contribution is -0.137. The number of hydrogen-bond acceptors (Lipinski definition) is 4. The van der Waals surface area contributed by atoms with E-state index in [0.717, 1.165) is 30.5 Å². The lowest BCUT2D eigenvalue weighted by Gasteiger charge is -2.13. The van der Waals surface area contributed by atoms with Gasteiger partial charge in [-0.2, -0.15) is 13.2 Å². The molecule has 0 saturated carbocycles. The van der Waals surface area contributed by atoms with Crippen molar-refractivity contribution in [2.75, 3.05) is 0 Å². The van der Waals surface area contributed by atoms with Crippen LogP contribution in [-0.4, -0.2) is 16.7 Å². The van der Waals surface area contributed by atoms with Gasteiger partial charge in [0.1, 0.15) is 5.15 Å². The Morgan fingerprint density at radius 1 is 1.13 bits per heavy atom. The molecule has 0 fully saturated rings. The summed E-state index contributed by atoms with van der Waals surface area (Å²) in [6.45, 7) is 0. The predicted molar refractivity (Wildman–Crippen MR) is 75.8 cm³/mol. The van der Waals surface area contributed by atoms with Gasteiger partial charge in [0.25, 0.3) is 5.91 Å². The molecule has 23 heavy (non-hydrogen) atoms. The average molecular weight is 344 g/mol. The van der Waals surface area contributed by atoms with Gasteiger partial charge in [-0.3, -0.25) is 15.0 Å². The van der Waals surface area contributed by atoms with Gasteiger partial charge in [-0.05, 0) is 12.1 Å². The van der Waals surface area contributed by atoms with Gasteiger partial charge in [0.15, 0.2) is 5.78 Å². The maximum atomic E-state index is 13.0. The van der Waals surface area contributed by atoms with Crippen molar-refractivity contribution in [1.82, 2.24) is 10.4 Å². The second kappa shape index (κ2) is 6.35. The molecule has 3 N–H and O–H groups in total. The molecule has 2 rings (SSSR count). The number of carbonyl (C=O) groups excluding carboxylic acids is 2. The highest BCUT2D eigenvalue weighted by molar-refractivity contribution is 6.34. The van der Waals surface area contributed by atoms with Crippen LogP contribution in [0.3, 0.4) is 0 Å². The van der Waals surface area contributed by atoms with E-state index >= 15 is 0 Å². The van der Waals surface area contributed by atoms with E-state index in [-0.39, 0.29) is 10.7 Å². The lowest BCUT2D eigenvalue weighted by atomic mass is 9.95. The van der Waals surface area contributed by atoms with E-state index in [0.29, 0.717) is 0 Å². The molecule has 0 spiro atoms. The number of alkyl halides is 3. The van der Waals surface area contributed by atoms with Crippen LogP contribution in [0.15, 0.2) is 36.5 Å². The van der Waals surface area contributed by atoms with Crippen molar-refractivity contribution in [2.45, 2.75) is 6.18 Å². The van der Waals surface area contributed by atoms with E-state index in [4.69, 9.17) is 17.4 Å². The molecule has 0 aliphatic heterocycles. The van der Waals surface area contributed by atoms with Crippen molar-refractivity contribution in [3.63, 3.8) is 0 Å². The van der Waals surface area contributed by atoms with Gasteiger partial charge in [0, 0.05) is 17.3 Å². The molecule has 5 nitrogen and oxygen atoms in total. The summed E-state index contributed by atoms with van der Waals surface area (Å²) in [5.74, 6) is 3.06. The van der Waals surface area contributed by atoms with Crippen molar-refractivity contribution in [3.05, 3.63) is 63.9 Å². The Hall–Kier alpha value is -2.45. The van der Waals surface area contributed by atoms with Gasteiger partial charge in [-0.25, -0.2) is 10.8 Å². The van der Waals surface area contributed by atoms with E-state index in [1.807, 2.05) is 0 Å². The molecular formula is C14H9ClF3N3O2. The molecule has 0 aliphatic carbocycles. The average Bonchev–Trinajstić information content (AvgIpc) is 2.52. The number of ketones is 1. The van der Waals surface area contributed by atoms with Crippen molar-refractivity contribution in [1.29, 1.82) is 0 Å². The number of rotatable bonds is 3. The van der Waals surface area contributed by atoms with Gasteiger partial charge < -0.3 is 0 Å². The number of carbonyl (C=O) groups is 2. The number of nitrogens with two attached hydrogens (primary N) is 1. The van der Waals surface area contributed by atoms with Crippen molar-refractivity contribution in [3.8, 4) is 0 Å². The highest BCUT2D eigenvalue weighted by Gasteiger charge is 2.35. The Bertz CT molecular complexity index is 778. The number of hydrogen-bond donors (Lipinski definition) is 2. The minimum Gasteiger partial charge on any atom is -0.290 e. The zero-order valence-corrected chi connectivity index (χ0v) is 12.1. The topological polar surface area (TPSA) is 85.1 Å². The summed E-state index contributed by atoms with van der Waals surface area (Å²) in [6.07, 6.45) is -3.61. The van der Waals surface area contributed by atoms with Crippen LogP contribution in [0.5, 0.6) is 0 Å².